The Labute approximate surface area is 327 Å². The molecule has 0 aromatic rings. The zero-order valence-corrected chi connectivity index (χ0v) is 33.7. The van der Waals surface area contributed by atoms with Gasteiger partial charge in [-0.15, -0.1) is 0 Å². The number of hydrogen-bond acceptors (Lipinski definition) is 6. The number of hydrogen-bond donors (Lipinski definition) is 4. The lowest BCUT2D eigenvalue weighted by atomic mass is 10.0. The molecule has 0 aromatic heterocycles. The summed E-state index contributed by atoms with van der Waals surface area (Å²) in [5.41, 5.74) is 0. The van der Waals surface area contributed by atoms with E-state index in [-0.39, 0.29) is 30.9 Å². The van der Waals surface area contributed by atoms with Crippen molar-refractivity contribution in [3.63, 3.8) is 0 Å². The van der Waals surface area contributed by atoms with Gasteiger partial charge in [0.15, 0.2) is 0 Å². The summed E-state index contributed by atoms with van der Waals surface area (Å²) in [7, 11) is 0. The van der Waals surface area contributed by atoms with Crippen molar-refractivity contribution in [2.45, 2.75) is 174 Å². The number of carboxylic acid groups (broad SMARTS) is 1. The van der Waals surface area contributed by atoms with Gasteiger partial charge in [-0.25, -0.2) is 4.79 Å². The van der Waals surface area contributed by atoms with Gasteiger partial charge in [-0.3, -0.25) is 14.4 Å². The Hall–Kier alpha value is -3.72. The second-order valence-electron chi connectivity index (χ2n) is 13.7. The average Bonchev–Trinajstić information content (AvgIpc) is 3.16. The molecule has 9 nitrogen and oxygen atoms in total. The lowest BCUT2D eigenvalue weighted by Gasteiger charge is -2.18. The zero-order chi connectivity index (χ0) is 39.7. The van der Waals surface area contributed by atoms with Gasteiger partial charge in [0.2, 0.25) is 11.8 Å². The molecule has 2 atom stereocenters. The van der Waals surface area contributed by atoms with Gasteiger partial charge in [-0.2, -0.15) is 0 Å². The number of carbonyl (C=O) groups is 4. The van der Waals surface area contributed by atoms with E-state index in [1.54, 1.807) is 0 Å². The molecule has 306 valence electrons. The molecule has 9 heteroatoms. The molecular weight excluding hydrogens is 681 g/mol. The number of aliphatic hydroxyl groups excluding tert-OH is 1. The summed E-state index contributed by atoms with van der Waals surface area (Å²) < 4.78 is 5.91. The number of esters is 1. The molecule has 2 unspecified atom stereocenters. The van der Waals surface area contributed by atoms with Crippen molar-refractivity contribution >= 4 is 23.8 Å². The largest absolute Gasteiger partial charge is 0.480 e. The minimum absolute atomic E-state index is 0.0576. The average molecular weight is 755 g/mol. The van der Waals surface area contributed by atoms with Crippen LogP contribution in [0, 0.1) is 0 Å². The summed E-state index contributed by atoms with van der Waals surface area (Å²) in [5.74, 6) is -2.38. The number of allylic oxidation sites excluding steroid dienone is 12. The van der Waals surface area contributed by atoms with Crippen LogP contribution in [-0.2, 0) is 23.9 Å². The summed E-state index contributed by atoms with van der Waals surface area (Å²) in [6, 6.07) is -1.39. The number of nitrogens with one attached hydrogen (secondary N) is 2. The fraction of sp³-hybridized carbons (Fsp3) is 0.644. The van der Waals surface area contributed by atoms with Crippen LogP contribution in [0.2, 0.25) is 0 Å². The highest BCUT2D eigenvalue weighted by atomic mass is 16.5. The molecule has 0 rings (SSSR count). The number of aliphatic carboxylic acids is 1. The number of carboxylic acids is 1. The fourth-order valence-electron chi connectivity index (χ4n) is 5.54. The van der Waals surface area contributed by atoms with Crippen LogP contribution in [0.15, 0.2) is 72.9 Å². The third kappa shape index (κ3) is 35.3. The number of unbranched alkanes of at least 4 members (excludes halogenated alkanes) is 10. The maximum absolute atomic E-state index is 12.6. The molecular formula is C45H74N2O7. The minimum atomic E-state index is -1.39. The summed E-state index contributed by atoms with van der Waals surface area (Å²) in [5, 5.41) is 22.5. The third-order valence-electron chi connectivity index (χ3n) is 8.72. The maximum atomic E-state index is 12.6. The first-order valence-electron chi connectivity index (χ1n) is 20.8. The summed E-state index contributed by atoms with van der Waals surface area (Å²) in [4.78, 5) is 47.3. The Morgan fingerprint density at radius 1 is 0.574 bits per heavy atom. The zero-order valence-electron chi connectivity index (χ0n) is 33.7. The van der Waals surface area contributed by atoms with E-state index in [0.717, 1.165) is 122 Å². The van der Waals surface area contributed by atoms with E-state index < -0.39 is 24.5 Å². The minimum Gasteiger partial charge on any atom is -0.480 e. The summed E-state index contributed by atoms with van der Waals surface area (Å²) >= 11 is 0. The summed E-state index contributed by atoms with van der Waals surface area (Å²) in [6.07, 6.45) is 48.1. The quantitative estimate of drug-likeness (QED) is 0.0283. The molecule has 2 amide bonds. The topological polar surface area (TPSA) is 142 Å². The van der Waals surface area contributed by atoms with Crippen molar-refractivity contribution in [3.8, 4) is 0 Å². The van der Waals surface area contributed by atoms with E-state index in [4.69, 9.17) is 14.9 Å². The Bertz CT molecular complexity index is 1140. The van der Waals surface area contributed by atoms with Crippen LogP contribution < -0.4 is 10.6 Å². The van der Waals surface area contributed by atoms with Crippen molar-refractivity contribution in [2.75, 3.05) is 13.2 Å². The predicted molar refractivity (Wildman–Crippen MR) is 222 cm³/mol. The van der Waals surface area contributed by atoms with Crippen LogP contribution in [0.25, 0.3) is 0 Å². The van der Waals surface area contributed by atoms with Gasteiger partial charge in [-0.1, -0.05) is 132 Å². The van der Waals surface area contributed by atoms with Crippen molar-refractivity contribution in [3.05, 3.63) is 72.9 Å². The molecule has 0 aliphatic carbocycles. The first-order valence-corrected chi connectivity index (χ1v) is 20.8. The van der Waals surface area contributed by atoms with E-state index in [1.165, 1.54) is 6.42 Å². The number of carbonyl (C=O) groups excluding carboxylic acids is 3. The van der Waals surface area contributed by atoms with E-state index in [9.17, 15) is 19.2 Å². The summed E-state index contributed by atoms with van der Waals surface area (Å²) in [6.45, 7) is 3.28. The molecule has 0 heterocycles. The van der Waals surface area contributed by atoms with E-state index in [1.807, 2.05) is 0 Å². The second-order valence-corrected chi connectivity index (χ2v) is 13.7. The van der Waals surface area contributed by atoms with E-state index in [0.29, 0.717) is 12.8 Å². The SMILES string of the molecule is CC/C=C\C/C=C\C/C=C\C/C=C\C/C=C\C/C=C\CCCCCCC(=O)OC(CCCCCC)CCCCCCC(=O)NCC(=O)NC(CO)C(=O)O. The maximum Gasteiger partial charge on any atom is 0.328 e. The lowest BCUT2D eigenvalue weighted by molar-refractivity contribution is -0.150. The smallest absolute Gasteiger partial charge is 0.328 e. The molecule has 0 aromatic carbocycles. The highest BCUT2D eigenvalue weighted by molar-refractivity contribution is 5.87. The van der Waals surface area contributed by atoms with Crippen molar-refractivity contribution in [2.24, 2.45) is 0 Å². The first kappa shape index (κ1) is 50.3. The van der Waals surface area contributed by atoms with E-state index in [2.05, 4.69) is 97.4 Å². The fourth-order valence-corrected chi connectivity index (χ4v) is 5.54. The molecule has 0 bridgehead atoms. The molecule has 0 saturated carbocycles. The van der Waals surface area contributed by atoms with Gasteiger partial charge in [0.05, 0.1) is 13.2 Å². The van der Waals surface area contributed by atoms with Crippen LogP contribution in [0.1, 0.15) is 162 Å². The number of aliphatic hydroxyl groups is 1. The number of amides is 2. The van der Waals surface area contributed by atoms with E-state index >= 15 is 0 Å². The van der Waals surface area contributed by atoms with Crippen LogP contribution in [-0.4, -0.2) is 59.3 Å². The van der Waals surface area contributed by atoms with Gasteiger partial charge in [0.25, 0.3) is 0 Å². The highest BCUT2D eigenvalue weighted by Gasteiger charge is 2.19. The first-order chi connectivity index (χ1) is 26.3. The van der Waals surface area contributed by atoms with Crippen LogP contribution in [0.3, 0.4) is 0 Å². The van der Waals surface area contributed by atoms with Crippen molar-refractivity contribution < 1.29 is 34.1 Å². The highest BCUT2D eigenvalue weighted by Crippen LogP contribution is 2.17. The molecule has 0 saturated heterocycles. The molecule has 0 fully saturated rings. The van der Waals surface area contributed by atoms with Gasteiger partial charge in [0, 0.05) is 12.8 Å². The standard InChI is InChI=1S/C45H74N2O7/c1-3-5-7-9-10-11-12-13-14-15-16-17-18-19-20-21-22-23-24-25-26-27-33-37-44(51)54-40(34-30-8-6-4-2)35-31-28-29-32-36-42(49)46-38-43(50)47-41(39-48)45(52)53/h5,7,10-11,13-14,16-17,19-20,22-23,40-41,48H,3-4,6,8-9,12,15,18,21,24-39H2,1-2H3,(H,46,49)(H,47,50)(H,52,53)/b7-5-,11-10-,14-13-,17-16-,20-19-,23-22-. The Morgan fingerprint density at radius 2 is 1.06 bits per heavy atom. The van der Waals surface area contributed by atoms with Crippen molar-refractivity contribution in [1.29, 1.82) is 0 Å². The van der Waals surface area contributed by atoms with Gasteiger partial charge >= 0.3 is 11.9 Å². The van der Waals surface area contributed by atoms with Crippen LogP contribution >= 0.6 is 0 Å². The molecule has 0 radical (unpaired) electrons. The molecule has 0 spiro atoms. The van der Waals surface area contributed by atoms with Crippen LogP contribution in [0.4, 0.5) is 0 Å². The molecule has 54 heavy (non-hydrogen) atoms. The number of ether oxygens (including phenoxy) is 1. The lowest BCUT2D eigenvalue weighted by Crippen LogP contribution is -2.47. The Kier molecular flexibility index (Phi) is 36.3. The monoisotopic (exact) mass is 755 g/mol. The normalized spacial score (nSPS) is 13.2. The van der Waals surface area contributed by atoms with Gasteiger partial charge in [-0.05, 0) is 89.9 Å². The molecule has 0 aliphatic heterocycles. The van der Waals surface area contributed by atoms with Gasteiger partial charge < -0.3 is 25.6 Å². The van der Waals surface area contributed by atoms with Crippen molar-refractivity contribution in [1.82, 2.24) is 10.6 Å². The molecule has 4 N–H and O–H groups in total. The third-order valence-corrected chi connectivity index (χ3v) is 8.72. The second kappa shape index (κ2) is 39.0. The predicted octanol–water partition coefficient (Wildman–Crippen LogP) is 9.93. The van der Waals surface area contributed by atoms with Gasteiger partial charge in [0.1, 0.15) is 12.1 Å². The Morgan fingerprint density at radius 3 is 1.57 bits per heavy atom. The van der Waals surface area contributed by atoms with Crippen LogP contribution in [0.5, 0.6) is 0 Å². The Balaban J connectivity index is 4.05. The number of rotatable bonds is 36. The molecule has 0 aliphatic rings.